The summed E-state index contributed by atoms with van der Waals surface area (Å²) >= 11 is 6.06. The van der Waals surface area contributed by atoms with Crippen molar-refractivity contribution in [3.63, 3.8) is 0 Å². The Bertz CT molecular complexity index is 1540. The molecule has 5 rings (SSSR count). The molecule has 0 saturated heterocycles. The number of nitrogens with one attached hydrogen (secondary N) is 2. The van der Waals surface area contributed by atoms with E-state index in [9.17, 15) is 26.7 Å². The largest absolute Gasteiger partial charge is 0.507 e. The fourth-order valence-corrected chi connectivity index (χ4v) is 4.49. The quantitative estimate of drug-likeness (QED) is 0.240. The second-order valence-electron chi connectivity index (χ2n) is 8.89. The van der Waals surface area contributed by atoms with E-state index in [0.717, 1.165) is 12.1 Å². The first-order chi connectivity index (χ1) is 19.0. The number of hydrogen-bond donors (Lipinski definition) is 2. The lowest BCUT2D eigenvalue weighted by Crippen LogP contribution is -2.54. The number of benzene rings is 3. The first-order valence-corrected chi connectivity index (χ1v) is 12.1. The molecule has 0 saturated carbocycles. The zero-order valence-corrected chi connectivity index (χ0v) is 21.1. The van der Waals surface area contributed by atoms with Gasteiger partial charge in [-0.1, -0.05) is 60.1 Å². The Kier molecular flexibility index (Phi) is 7.01. The zero-order chi connectivity index (χ0) is 28.5. The van der Waals surface area contributed by atoms with E-state index in [1.165, 1.54) is 48.7 Å². The average molecular weight is 576 g/mol. The van der Waals surface area contributed by atoms with Gasteiger partial charge >= 0.3 is 18.2 Å². The molecule has 12 heteroatoms. The van der Waals surface area contributed by atoms with Crippen LogP contribution in [-0.4, -0.2) is 23.2 Å². The Morgan fingerprint density at radius 2 is 1.62 bits per heavy atom. The van der Waals surface area contributed by atoms with Gasteiger partial charge in [-0.05, 0) is 42.0 Å². The maximum Gasteiger partial charge on any atom is 0.507 e. The molecule has 0 aliphatic carbocycles. The van der Waals surface area contributed by atoms with Crippen molar-refractivity contribution in [1.82, 2.24) is 10.3 Å². The third kappa shape index (κ3) is 5.24. The highest BCUT2D eigenvalue weighted by Crippen LogP contribution is 2.51. The Morgan fingerprint density at radius 3 is 2.33 bits per heavy atom. The minimum atomic E-state index is -5.04. The summed E-state index contributed by atoms with van der Waals surface area (Å²) in [4.78, 5) is 17.7. The number of ether oxygens (including phenoxy) is 2. The summed E-state index contributed by atoms with van der Waals surface area (Å²) in [5.74, 6) is -2.01. The van der Waals surface area contributed by atoms with E-state index in [0.29, 0.717) is 5.56 Å². The summed E-state index contributed by atoms with van der Waals surface area (Å²) in [6.07, 6.45) is -8.83. The van der Waals surface area contributed by atoms with Gasteiger partial charge in [-0.2, -0.15) is 17.6 Å². The average Bonchev–Trinajstić information content (AvgIpc) is 2.89. The minimum absolute atomic E-state index is 0.0935. The highest BCUT2D eigenvalue weighted by Gasteiger charge is 2.66. The molecule has 1 aliphatic heterocycles. The monoisotopic (exact) mass is 575 g/mol. The summed E-state index contributed by atoms with van der Waals surface area (Å²) in [5, 5.41) is 5.49. The van der Waals surface area contributed by atoms with Crippen molar-refractivity contribution >= 4 is 23.3 Å². The molecule has 6 nitrogen and oxygen atoms in total. The van der Waals surface area contributed by atoms with Crippen LogP contribution in [-0.2, 0) is 12.0 Å². The number of carbonyl (C=O) groups is 1. The van der Waals surface area contributed by atoms with E-state index < -0.39 is 41.1 Å². The van der Waals surface area contributed by atoms with Gasteiger partial charge in [-0.3, -0.25) is 4.98 Å². The highest BCUT2D eigenvalue weighted by atomic mass is 35.5. The molecule has 2 amide bonds. The number of para-hydroxylation sites is 1. The third-order valence-corrected chi connectivity index (χ3v) is 6.36. The van der Waals surface area contributed by atoms with Gasteiger partial charge in [0.05, 0.1) is 10.7 Å². The first kappa shape index (κ1) is 27.2. The normalized spacial score (nSPS) is 16.4. The van der Waals surface area contributed by atoms with Crippen molar-refractivity contribution in [2.75, 3.05) is 5.32 Å². The van der Waals surface area contributed by atoms with Gasteiger partial charge in [0.1, 0.15) is 11.4 Å². The lowest BCUT2D eigenvalue weighted by atomic mass is 9.79. The number of urea groups is 1. The molecular weight excluding hydrogens is 557 g/mol. The number of pyridine rings is 1. The fraction of sp³-hybridized carbons (Fsp3) is 0.143. The van der Waals surface area contributed by atoms with Crippen LogP contribution in [0.4, 0.5) is 32.4 Å². The maximum absolute atomic E-state index is 14.4. The molecule has 0 radical (unpaired) electrons. The van der Waals surface area contributed by atoms with Crippen LogP contribution >= 0.6 is 11.6 Å². The molecular formula is C28H19ClF5N3O3. The van der Waals surface area contributed by atoms with E-state index in [2.05, 4.69) is 25.1 Å². The Balaban J connectivity index is 1.71. The molecule has 2 N–H and O–H groups in total. The van der Waals surface area contributed by atoms with Crippen LogP contribution < -0.4 is 20.1 Å². The van der Waals surface area contributed by atoms with Gasteiger partial charge in [-0.25, -0.2) is 9.18 Å². The summed E-state index contributed by atoms with van der Waals surface area (Å²) in [6.45, 7) is 0. The summed E-state index contributed by atoms with van der Waals surface area (Å²) in [6, 6.07) is 19.4. The molecule has 1 aromatic heterocycles. The molecule has 0 spiro atoms. The van der Waals surface area contributed by atoms with Crippen molar-refractivity contribution in [2.45, 2.75) is 24.2 Å². The van der Waals surface area contributed by atoms with Crippen molar-refractivity contribution < 1.29 is 36.2 Å². The molecule has 2 heterocycles. The van der Waals surface area contributed by atoms with Crippen LogP contribution in [0.1, 0.15) is 16.8 Å². The van der Waals surface area contributed by atoms with Crippen LogP contribution in [0.25, 0.3) is 0 Å². The number of hydrogen-bond acceptors (Lipinski definition) is 4. The smallest absolute Gasteiger partial charge is 0.421 e. The lowest BCUT2D eigenvalue weighted by molar-refractivity contribution is -0.391. The number of alkyl halides is 4. The second kappa shape index (κ2) is 10.3. The number of aromatic nitrogens is 1. The number of amides is 2. The highest BCUT2D eigenvalue weighted by molar-refractivity contribution is 6.30. The molecule has 4 aromatic rings. The first-order valence-electron chi connectivity index (χ1n) is 11.8. The van der Waals surface area contributed by atoms with E-state index in [4.69, 9.17) is 11.6 Å². The number of rotatable bonds is 6. The third-order valence-electron chi connectivity index (χ3n) is 6.13. The molecule has 206 valence electrons. The Hall–Kier alpha value is -4.38. The second-order valence-corrected chi connectivity index (χ2v) is 9.33. The number of fused-ring (bicyclic) bond motifs is 1. The van der Waals surface area contributed by atoms with Crippen molar-refractivity contribution in [1.29, 1.82) is 0 Å². The number of halogens is 6. The van der Waals surface area contributed by atoms with Gasteiger partial charge < -0.3 is 20.1 Å². The van der Waals surface area contributed by atoms with Gasteiger partial charge in [-0.15, -0.1) is 0 Å². The molecule has 0 unspecified atom stereocenters. The van der Waals surface area contributed by atoms with Crippen molar-refractivity contribution in [2.24, 2.45) is 0 Å². The van der Waals surface area contributed by atoms with Gasteiger partial charge in [0.15, 0.2) is 11.5 Å². The minimum Gasteiger partial charge on any atom is -0.421 e. The SMILES string of the molecule is O=C(Nc1cccc(F)c1)N[C@](Cc1ccccc1)(c1ccc(Cl)cn1)c1cccc2c1OC(F)(F)C(F)(F)O2. The predicted octanol–water partition coefficient (Wildman–Crippen LogP) is 7.14. The van der Waals surface area contributed by atoms with Crippen LogP contribution in [0.3, 0.4) is 0 Å². The van der Waals surface area contributed by atoms with Crippen molar-refractivity contribution in [3.8, 4) is 11.5 Å². The molecule has 0 fully saturated rings. The topological polar surface area (TPSA) is 72.5 Å². The molecule has 40 heavy (non-hydrogen) atoms. The molecule has 0 bridgehead atoms. The number of carbonyl (C=O) groups excluding carboxylic acids is 1. The standard InChI is InChI=1S/C28H19ClF5N3O3/c29-18-12-13-23(35-16-18)26(15-17-6-2-1-3-7-17,37-25(38)36-20-9-4-8-19(30)14-20)21-10-5-11-22-24(21)40-28(33,34)27(31,32)39-22/h1-14,16H,15H2,(H2,36,37,38)/t26-/m0/s1. The van der Waals surface area contributed by atoms with E-state index in [1.54, 1.807) is 30.3 Å². The Labute approximate surface area is 229 Å². The van der Waals surface area contributed by atoms with Crippen LogP contribution in [0, 0.1) is 5.82 Å². The van der Waals surface area contributed by atoms with Gasteiger partial charge in [0, 0.05) is 23.9 Å². The molecule has 1 aliphatic rings. The van der Waals surface area contributed by atoms with Crippen LogP contribution in [0.2, 0.25) is 5.02 Å². The number of anilines is 1. The molecule has 1 atom stereocenters. The van der Waals surface area contributed by atoms with E-state index >= 15 is 0 Å². The van der Waals surface area contributed by atoms with E-state index in [-0.39, 0.29) is 28.4 Å². The summed E-state index contributed by atoms with van der Waals surface area (Å²) in [7, 11) is 0. The summed E-state index contributed by atoms with van der Waals surface area (Å²) < 4.78 is 79.7. The maximum atomic E-state index is 14.4. The van der Waals surface area contributed by atoms with Crippen LogP contribution in [0.5, 0.6) is 11.5 Å². The zero-order valence-electron chi connectivity index (χ0n) is 20.3. The summed E-state index contributed by atoms with van der Waals surface area (Å²) in [5.41, 5.74) is -1.17. The molecule has 3 aromatic carbocycles. The van der Waals surface area contributed by atoms with E-state index in [1.807, 2.05) is 0 Å². The van der Waals surface area contributed by atoms with Gasteiger partial charge in [0.25, 0.3) is 0 Å². The van der Waals surface area contributed by atoms with Crippen LogP contribution in [0.15, 0.2) is 91.1 Å². The fourth-order valence-electron chi connectivity index (χ4n) is 4.37. The Morgan fingerprint density at radius 1 is 0.900 bits per heavy atom. The van der Waals surface area contributed by atoms with Crippen molar-refractivity contribution in [3.05, 3.63) is 119 Å². The lowest BCUT2D eigenvalue weighted by Gasteiger charge is -2.39. The number of nitrogens with zero attached hydrogens (tertiary/aromatic N) is 1. The van der Waals surface area contributed by atoms with Gasteiger partial charge in [0.2, 0.25) is 0 Å². The predicted molar refractivity (Wildman–Crippen MR) is 136 cm³/mol.